The first-order valence-corrected chi connectivity index (χ1v) is 8.26. The zero-order chi connectivity index (χ0) is 17.3. The van der Waals surface area contributed by atoms with E-state index >= 15 is 0 Å². The van der Waals surface area contributed by atoms with E-state index in [9.17, 15) is 14.7 Å². The molecule has 1 aliphatic carbocycles. The van der Waals surface area contributed by atoms with Gasteiger partial charge in [0.05, 0.1) is 24.7 Å². The van der Waals surface area contributed by atoms with Crippen molar-refractivity contribution in [2.24, 2.45) is 11.3 Å². The standard InChI is InChI=1S/C18H23NO5/c1-18(17(21)22)7-8-19(11-18)16(20)14-6-5-13(23-2)9-15(14)24-10-12-3-4-12/h5-6,9,12H,3-4,7-8,10-11H2,1-2H3,(H,21,22). The van der Waals surface area contributed by atoms with Gasteiger partial charge in [-0.2, -0.15) is 0 Å². The minimum atomic E-state index is -0.878. The lowest BCUT2D eigenvalue weighted by atomic mass is 9.90. The number of aliphatic carboxylic acids is 1. The van der Waals surface area contributed by atoms with E-state index < -0.39 is 11.4 Å². The van der Waals surface area contributed by atoms with E-state index in [-0.39, 0.29) is 12.5 Å². The number of rotatable bonds is 6. The lowest BCUT2D eigenvalue weighted by molar-refractivity contribution is -0.147. The zero-order valence-corrected chi connectivity index (χ0v) is 14.1. The molecule has 1 saturated heterocycles. The van der Waals surface area contributed by atoms with Crippen molar-refractivity contribution < 1.29 is 24.2 Å². The van der Waals surface area contributed by atoms with Gasteiger partial charge >= 0.3 is 5.97 Å². The Morgan fingerprint density at radius 3 is 2.71 bits per heavy atom. The molecule has 0 spiro atoms. The van der Waals surface area contributed by atoms with Gasteiger partial charge < -0.3 is 19.5 Å². The molecule has 2 aliphatic rings. The molecule has 1 heterocycles. The van der Waals surface area contributed by atoms with Crippen LogP contribution in [0.5, 0.6) is 11.5 Å². The molecule has 1 amide bonds. The number of benzene rings is 1. The summed E-state index contributed by atoms with van der Waals surface area (Å²) in [5.41, 5.74) is -0.414. The topological polar surface area (TPSA) is 76.1 Å². The van der Waals surface area contributed by atoms with Gasteiger partial charge in [0, 0.05) is 19.2 Å². The Hall–Kier alpha value is -2.24. The second kappa shape index (κ2) is 6.34. The molecule has 1 unspecified atom stereocenters. The summed E-state index contributed by atoms with van der Waals surface area (Å²) in [5.74, 6) is 0.664. The van der Waals surface area contributed by atoms with E-state index in [1.165, 1.54) is 0 Å². The van der Waals surface area contributed by atoms with Crippen molar-refractivity contribution in [1.29, 1.82) is 0 Å². The molecule has 3 rings (SSSR count). The number of carbonyl (C=O) groups is 2. The van der Waals surface area contributed by atoms with Gasteiger partial charge in [0.1, 0.15) is 11.5 Å². The Morgan fingerprint density at radius 2 is 2.12 bits per heavy atom. The number of hydrogen-bond donors (Lipinski definition) is 1. The monoisotopic (exact) mass is 333 g/mol. The predicted octanol–water partition coefficient (Wildman–Crippen LogP) is 2.42. The molecule has 6 heteroatoms. The number of amides is 1. The molecular weight excluding hydrogens is 310 g/mol. The lowest BCUT2D eigenvalue weighted by Gasteiger charge is -2.21. The first-order chi connectivity index (χ1) is 11.4. The Labute approximate surface area is 141 Å². The molecule has 24 heavy (non-hydrogen) atoms. The summed E-state index contributed by atoms with van der Waals surface area (Å²) in [6, 6.07) is 5.14. The summed E-state index contributed by atoms with van der Waals surface area (Å²) in [5, 5.41) is 9.34. The molecule has 1 atom stereocenters. The smallest absolute Gasteiger partial charge is 0.311 e. The highest BCUT2D eigenvalue weighted by Crippen LogP contribution is 2.35. The van der Waals surface area contributed by atoms with Crippen LogP contribution in [0, 0.1) is 11.3 Å². The van der Waals surface area contributed by atoms with E-state index in [0.717, 1.165) is 12.8 Å². The Kier molecular flexibility index (Phi) is 4.39. The quantitative estimate of drug-likeness (QED) is 0.865. The minimum absolute atomic E-state index is 0.187. The molecule has 1 aromatic rings. The van der Waals surface area contributed by atoms with Gasteiger partial charge in [-0.3, -0.25) is 9.59 Å². The highest BCUT2D eigenvalue weighted by Gasteiger charge is 2.42. The van der Waals surface area contributed by atoms with Crippen molar-refractivity contribution in [1.82, 2.24) is 4.90 Å². The first kappa shape index (κ1) is 16.6. The van der Waals surface area contributed by atoms with Crippen molar-refractivity contribution in [2.75, 3.05) is 26.8 Å². The molecule has 0 radical (unpaired) electrons. The normalized spacial score (nSPS) is 23.2. The van der Waals surface area contributed by atoms with Gasteiger partial charge in [-0.05, 0) is 44.2 Å². The van der Waals surface area contributed by atoms with Gasteiger partial charge in [-0.1, -0.05) is 0 Å². The molecule has 1 saturated carbocycles. The molecule has 1 aromatic carbocycles. The molecule has 2 fully saturated rings. The van der Waals surface area contributed by atoms with Gasteiger partial charge in [-0.15, -0.1) is 0 Å². The fourth-order valence-electron chi connectivity index (χ4n) is 2.90. The Balaban J connectivity index is 1.79. The fourth-order valence-corrected chi connectivity index (χ4v) is 2.90. The molecular formula is C18H23NO5. The maximum absolute atomic E-state index is 12.9. The van der Waals surface area contributed by atoms with Crippen LogP contribution in [0.3, 0.4) is 0 Å². The third kappa shape index (κ3) is 3.32. The summed E-state index contributed by atoms with van der Waals surface area (Å²) in [6.07, 6.45) is 2.79. The van der Waals surface area contributed by atoms with Crippen molar-refractivity contribution in [3.63, 3.8) is 0 Å². The van der Waals surface area contributed by atoms with Gasteiger partial charge in [-0.25, -0.2) is 0 Å². The SMILES string of the molecule is COc1ccc(C(=O)N2CCC(C)(C(=O)O)C2)c(OCC2CC2)c1. The molecule has 1 aliphatic heterocycles. The molecule has 130 valence electrons. The second-order valence-electron chi connectivity index (χ2n) is 6.96. The van der Waals surface area contributed by atoms with Crippen molar-refractivity contribution in [3.05, 3.63) is 23.8 Å². The van der Waals surface area contributed by atoms with Crippen LogP contribution in [0.1, 0.15) is 36.5 Å². The van der Waals surface area contributed by atoms with E-state index in [4.69, 9.17) is 9.47 Å². The van der Waals surface area contributed by atoms with Crippen LogP contribution in [0.15, 0.2) is 18.2 Å². The number of ether oxygens (including phenoxy) is 2. The average Bonchev–Trinajstić information content (AvgIpc) is 3.32. The Bertz CT molecular complexity index is 655. The van der Waals surface area contributed by atoms with E-state index in [1.54, 1.807) is 37.1 Å². The number of carboxylic acid groups (broad SMARTS) is 1. The highest BCUT2D eigenvalue weighted by molar-refractivity contribution is 5.97. The van der Waals surface area contributed by atoms with Crippen LogP contribution < -0.4 is 9.47 Å². The van der Waals surface area contributed by atoms with E-state index in [0.29, 0.717) is 42.6 Å². The van der Waals surface area contributed by atoms with Crippen molar-refractivity contribution in [3.8, 4) is 11.5 Å². The van der Waals surface area contributed by atoms with Crippen LogP contribution in [0.2, 0.25) is 0 Å². The van der Waals surface area contributed by atoms with Crippen molar-refractivity contribution in [2.45, 2.75) is 26.2 Å². The van der Waals surface area contributed by atoms with E-state index in [2.05, 4.69) is 0 Å². The molecule has 0 bridgehead atoms. The first-order valence-electron chi connectivity index (χ1n) is 8.26. The molecule has 6 nitrogen and oxygen atoms in total. The van der Waals surface area contributed by atoms with Gasteiger partial charge in [0.2, 0.25) is 0 Å². The van der Waals surface area contributed by atoms with E-state index in [1.807, 2.05) is 0 Å². The number of nitrogens with zero attached hydrogens (tertiary/aromatic N) is 1. The van der Waals surface area contributed by atoms with Gasteiger partial charge in [0.25, 0.3) is 5.91 Å². The number of hydrogen-bond acceptors (Lipinski definition) is 4. The summed E-state index contributed by atoms with van der Waals surface area (Å²) in [7, 11) is 1.57. The maximum atomic E-state index is 12.9. The average molecular weight is 333 g/mol. The number of carboxylic acids is 1. The van der Waals surface area contributed by atoms with Crippen molar-refractivity contribution >= 4 is 11.9 Å². The third-order valence-electron chi connectivity index (χ3n) is 4.87. The van der Waals surface area contributed by atoms with Gasteiger partial charge in [0.15, 0.2) is 0 Å². The van der Waals surface area contributed by atoms with Crippen LogP contribution >= 0.6 is 0 Å². The Morgan fingerprint density at radius 1 is 1.38 bits per heavy atom. The highest BCUT2D eigenvalue weighted by atomic mass is 16.5. The second-order valence-corrected chi connectivity index (χ2v) is 6.96. The maximum Gasteiger partial charge on any atom is 0.311 e. The van der Waals surface area contributed by atoms with Crippen LogP contribution in [0.4, 0.5) is 0 Å². The minimum Gasteiger partial charge on any atom is -0.497 e. The zero-order valence-electron chi connectivity index (χ0n) is 14.1. The largest absolute Gasteiger partial charge is 0.497 e. The predicted molar refractivity (Wildman–Crippen MR) is 87.5 cm³/mol. The number of methoxy groups -OCH3 is 1. The fraction of sp³-hybridized carbons (Fsp3) is 0.556. The number of likely N-dealkylation sites (tertiary alicyclic amines) is 1. The van der Waals surface area contributed by atoms with Crippen LogP contribution in [0.25, 0.3) is 0 Å². The summed E-state index contributed by atoms with van der Waals surface area (Å²) < 4.78 is 11.1. The molecule has 1 N–H and O–H groups in total. The van der Waals surface area contributed by atoms with Crippen LogP contribution in [-0.2, 0) is 4.79 Å². The lowest BCUT2D eigenvalue weighted by Crippen LogP contribution is -2.35. The summed E-state index contributed by atoms with van der Waals surface area (Å²) in [4.78, 5) is 25.8. The van der Waals surface area contributed by atoms with Crippen LogP contribution in [-0.4, -0.2) is 48.7 Å². The summed E-state index contributed by atoms with van der Waals surface area (Å²) in [6.45, 7) is 2.94. The molecule has 0 aromatic heterocycles. The summed E-state index contributed by atoms with van der Waals surface area (Å²) >= 11 is 0. The third-order valence-corrected chi connectivity index (χ3v) is 4.87. The number of carbonyl (C=O) groups excluding carboxylic acids is 1.